The molecule has 1 atom stereocenters. The van der Waals surface area contributed by atoms with Crippen LogP contribution in [0.1, 0.15) is 24.2 Å². The van der Waals surface area contributed by atoms with E-state index in [0.717, 1.165) is 5.69 Å². The second-order valence-corrected chi connectivity index (χ2v) is 8.97. The Morgan fingerprint density at radius 3 is 2.27 bits per heavy atom. The maximum Gasteiger partial charge on any atom is 0.329 e. The molecule has 0 unspecified atom stereocenters. The van der Waals surface area contributed by atoms with Crippen LogP contribution in [0, 0.1) is 5.92 Å². The zero-order valence-corrected chi connectivity index (χ0v) is 20.1. The van der Waals surface area contributed by atoms with Gasteiger partial charge in [-0.25, -0.2) is 4.79 Å². The lowest BCUT2D eigenvalue weighted by atomic mass is 10.0. The van der Waals surface area contributed by atoms with Gasteiger partial charge in [-0.3, -0.25) is 9.59 Å². The maximum atomic E-state index is 12.6. The van der Waals surface area contributed by atoms with Crippen molar-refractivity contribution >= 4 is 46.7 Å². The Morgan fingerprint density at radius 1 is 1.00 bits per heavy atom. The Hall–Kier alpha value is -2.77. The number of benzene rings is 2. The number of carbonyl (C=O) groups is 3. The van der Waals surface area contributed by atoms with Crippen molar-refractivity contribution in [2.45, 2.75) is 19.9 Å². The van der Waals surface area contributed by atoms with Crippen molar-refractivity contribution in [3.05, 3.63) is 64.1 Å². The highest BCUT2D eigenvalue weighted by atomic mass is 35.5. The molecule has 2 aromatic rings. The number of nitrogens with one attached hydrogen (secondary N) is 1. The van der Waals surface area contributed by atoms with Gasteiger partial charge in [-0.2, -0.15) is 0 Å². The average Bonchev–Trinajstić information content (AvgIpc) is 2.81. The monoisotopic (exact) mass is 491 g/mol. The zero-order valence-electron chi connectivity index (χ0n) is 18.6. The number of rotatable bonds is 7. The van der Waals surface area contributed by atoms with Crippen molar-refractivity contribution in [1.82, 2.24) is 10.2 Å². The van der Waals surface area contributed by atoms with E-state index in [1.54, 1.807) is 24.8 Å². The van der Waals surface area contributed by atoms with Crippen LogP contribution in [0.25, 0.3) is 0 Å². The molecule has 0 aliphatic carbocycles. The highest BCUT2D eigenvalue weighted by molar-refractivity contribution is 6.36. The molecule has 2 aromatic carbocycles. The largest absolute Gasteiger partial charge is 0.454 e. The van der Waals surface area contributed by atoms with Crippen molar-refractivity contribution in [2.24, 2.45) is 5.92 Å². The lowest BCUT2D eigenvalue weighted by Gasteiger charge is -2.36. The molecule has 0 saturated carbocycles. The molecule has 0 radical (unpaired) electrons. The Bertz CT molecular complexity index is 992. The summed E-state index contributed by atoms with van der Waals surface area (Å²) in [6.07, 6.45) is 0. The standard InChI is InChI=1S/C24H27Cl2N3O4/c1-16(2)22(27-23(31)19-9-8-17(25)14-20(19)26)24(32)33-15-21(30)29-12-10-28(11-13-29)18-6-4-3-5-7-18/h3-9,14,16,22H,10-13,15H2,1-2H3,(H,27,31)/t22-/m0/s1. The van der Waals surface area contributed by atoms with Gasteiger partial charge >= 0.3 is 5.97 Å². The van der Waals surface area contributed by atoms with E-state index >= 15 is 0 Å². The summed E-state index contributed by atoms with van der Waals surface area (Å²) >= 11 is 12.0. The van der Waals surface area contributed by atoms with Crippen molar-refractivity contribution < 1.29 is 19.1 Å². The van der Waals surface area contributed by atoms with Gasteiger partial charge < -0.3 is 19.9 Å². The minimum Gasteiger partial charge on any atom is -0.454 e. The molecule has 1 aliphatic heterocycles. The number of anilines is 1. The summed E-state index contributed by atoms with van der Waals surface area (Å²) in [6, 6.07) is 13.6. The molecule has 176 valence electrons. The summed E-state index contributed by atoms with van der Waals surface area (Å²) in [6.45, 7) is 5.69. The summed E-state index contributed by atoms with van der Waals surface area (Å²) in [5, 5.41) is 3.23. The van der Waals surface area contributed by atoms with Gasteiger partial charge in [0.1, 0.15) is 6.04 Å². The van der Waals surface area contributed by atoms with Crippen molar-refractivity contribution in [1.29, 1.82) is 0 Å². The smallest absolute Gasteiger partial charge is 0.329 e. The van der Waals surface area contributed by atoms with E-state index in [1.807, 2.05) is 30.3 Å². The van der Waals surface area contributed by atoms with Crippen molar-refractivity contribution in [3.8, 4) is 0 Å². The quantitative estimate of drug-likeness (QED) is 0.598. The van der Waals surface area contributed by atoms with E-state index in [4.69, 9.17) is 27.9 Å². The molecule has 1 heterocycles. The zero-order chi connectivity index (χ0) is 24.0. The van der Waals surface area contributed by atoms with Gasteiger partial charge in [0.15, 0.2) is 6.61 Å². The molecule has 9 heteroatoms. The third kappa shape index (κ3) is 6.62. The minimum absolute atomic E-state index is 0.181. The van der Waals surface area contributed by atoms with Crippen LogP contribution in [0.3, 0.4) is 0 Å². The number of nitrogens with zero attached hydrogens (tertiary/aromatic N) is 2. The molecular formula is C24H27Cl2N3O4. The predicted molar refractivity (Wildman–Crippen MR) is 129 cm³/mol. The molecule has 1 saturated heterocycles. The highest BCUT2D eigenvalue weighted by Crippen LogP contribution is 2.21. The summed E-state index contributed by atoms with van der Waals surface area (Å²) < 4.78 is 5.27. The normalized spacial score (nSPS) is 14.7. The molecule has 3 rings (SSSR count). The number of hydrogen-bond acceptors (Lipinski definition) is 5. The lowest BCUT2D eigenvalue weighted by Crippen LogP contribution is -2.50. The van der Waals surface area contributed by atoms with Crippen molar-refractivity contribution in [2.75, 3.05) is 37.7 Å². The third-order valence-corrected chi connectivity index (χ3v) is 6.02. The molecule has 1 N–H and O–H groups in total. The number of ether oxygens (including phenoxy) is 1. The molecule has 7 nitrogen and oxygen atoms in total. The second-order valence-electron chi connectivity index (χ2n) is 8.13. The molecule has 0 aromatic heterocycles. The molecule has 1 aliphatic rings. The summed E-state index contributed by atoms with van der Waals surface area (Å²) in [4.78, 5) is 41.7. The third-order valence-electron chi connectivity index (χ3n) is 5.47. The van der Waals surface area contributed by atoms with Gasteiger partial charge in [0.05, 0.1) is 10.6 Å². The Labute approximate surface area is 203 Å². The van der Waals surface area contributed by atoms with Crippen LogP contribution in [0.4, 0.5) is 5.69 Å². The molecular weight excluding hydrogens is 465 g/mol. The van der Waals surface area contributed by atoms with E-state index in [1.165, 1.54) is 12.1 Å². The number of esters is 1. The van der Waals surface area contributed by atoms with Gasteiger partial charge in [-0.15, -0.1) is 0 Å². The van der Waals surface area contributed by atoms with Crippen LogP contribution in [0.5, 0.6) is 0 Å². The number of halogens is 2. The van der Waals surface area contributed by atoms with Crippen LogP contribution in [0.15, 0.2) is 48.5 Å². The van der Waals surface area contributed by atoms with E-state index in [2.05, 4.69) is 10.2 Å². The number of para-hydroxylation sites is 1. The van der Waals surface area contributed by atoms with E-state index in [0.29, 0.717) is 31.2 Å². The Morgan fingerprint density at radius 2 is 1.67 bits per heavy atom. The molecule has 1 fully saturated rings. The fourth-order valence-corrected chi connectivity index (χ4v) is 4.05. The van der Waals surface area contributed by atoms with E-state index in [9.17, 15) is 14.4 Å². The number of amides is 2. The Balaban J connectivity index is 1.51. The number of piperazine rings is 1. The minimum atomic E-state index is -0.924. The topological polar surface area (TPSA) is 78.9 Å². The van der Waals surface area contributed by atoms with Gasteiger partial charge in [-0.1, -0.05) is 55.2 Å². The molecule has 33 heavy (non-hydrogen) atoms. The van der Waals surface area contributed by atoms with Gasteiger partial charge in [-0.05, 0) is 36.2 Å². The second kappa shape index (κ2) is 11.4. The van der Waals surface area contributed by atoms with Gasteiger partial charge in [0.25, 0.3) is 11.8 Å². The van der Waals surface area contributed by atoms with Gasteiger partial charge in [0, 0.05) is 36.9 Å². The van der Waals surface area contributed by atoms with Crippen LogP contribution in [0.2, 0.25) is 10.0 Å². The fraction of sp³-hybridized carbons (Fsp3) is 0.375. The van der Waals surface area contributed by atoms with Crippen LogP contribution < -0.4 is 10.2 Å². The maximum absolute atomic E-state index is 12.6. The first kappa shape index (κ1) is 24.9. The Kier molecular flexibility index (Phi) is 8.58. The summed E-state index contributed by atoms with van der Waals surface area (Å²) in [7, 11) is 0. The summed E-state index contributed by atoms with van der Waals surface area (Å²) in [5.74, 6) is -1.70. The van der Waals surface area contributed by atoms with E-state index in [-0.39, 0.29) is 29.0 Å². The highest BCUT2D eigenvalue weighted by Gasteiger charge is 2.29. The number of carbonyl (C=O) groups excluding carboxylic acids is 3. The van der Waals surface area contributed by atoms with Crippen molar-refractivity contribution in [3.63, 3.8) is 0 Å². The lowest BCUT2D eigenvalue weighted by molar-refractivity contribution is -0.154. The number of hydrogen-bond donors (Lipinski definition) is 1. The first-order valence-corrected chi connectivity index (χ1v) is 11.5. The average molecular weight is 492 g/mol. The molecule has 0 spiro atoms. The van der Waals surface area contributed by atoms with Gasteiger partial charge in [0.2, 0.25) is 0 Å². The first-order chi connectivity index (χ1) is 15.8. The molecule has 2 amide bonds. The molecule has 0 bridgehead atoms. The van der Waals surface area contributed by atoms with Crippen LogP contribution >= 0.6 is 23.2 Å². The van der Waals surface area contributed by atoms with E-state index < -0.39 is 17.9 Å². The van der Waals surface area contributed by atoms with Crippen LogP contribution in [-0.4, -0.2) is 61.5 Å². The SMILES string of the molecule is CC(C)[C@H](NC(=O)c1ccc(Cl)cc1Cl)C(=O)OCC(=O)N1CCN(c2ccccc2)CC1. The predicted octanol–water partition coefficient (Wildman–Crippen LogP) is 3.64. The fourth-order valence-electron chi connectivity index (χ4n) is 3.56. The van der Waals surface area contributed by atoms with Crippen LogP contribution in [-0.2, 0) is 14.3 Å². The summed E-state index contributed by atoms with van der Waals surface area (Å²) in [5.41, 5.74) is 1.32. The first-order valence-electron chi connectivity index (χ1n) is 10.8.